The van der Waals surface area contributed by atoms with E-state index < -0.39 is 28.5 Å². The number of rotatable bonds is 13. The summed E-state index contributed by atoms with van der Waals surface area (Å²) >= 11 is 0. The number of carbonyl (C=O) groups is 2. The number of carbonyl (C=O) groups excluding carboxylic acids is 2. The van der Waals surface area contributed by atoms with Gasteiger partial charge < -0.3 is 24.4 Å². The molecule has 0 aromatic heterocycles. The number of nitrogens with zero attached hydrogens (tertiary/aromatic N) is 2. The fraction of sp³-hybridized carbons (Fsp3) is 0.394. The van der Waals surface area contributed by atoms with Gasteiger partial charge in [0.05, 0.1) is 31.9 Å². The molecule has 44 heavy (non-hydrogen) atoms. The summed E-state index contributed by atoms with van der Waals surface area (Å²) < 4.78 is 45.5. The monoisotopic (exact) mass is 623 g/mol. The summed E-state index contributed by atoms with van der Waals surface area (Å²) in [7, 11) is 0.180. The van der Waals surface area contributed by atoms with Crippen molar-refractivity contribution in [3.8, 4) is 17.2 Å². The maximum Gasteiger partial charge on any atom is 0.264 e. The van der Waals surface area contributed by atoms with E-state index in [0.717, 1.165) is 42.0 Å². The third kappa shape index (κ3) is 7.82. The van der Waals surface area contributed by atoms with Gasteiger partial charge in [0.1, 0.15) is 29.8 Å². The average Bonchev–Trinajstić information content (AvgIpc) is 3.06. The van der Waals surface area contributed by atoms with Gasteiger partial charge in [-0.3, -0.25) is 13.9 Å². The molecule has 0 aliphatic heterocycles. The van der Waals surface area contributed by atoms with Crippen molar-refractivity contribution in [1.82, 2.24) is 10.2 Å². The maximum absolute atomic E-state index is 14.3. The van der Waals surface area contributed by atoms with Crippen LogP contribution in [0.2, 0.25) is 0 Å². The minimum Gasteiger partial charge on any atom is -0.497 e. The molecule has 1 N–H and O–H groups in total. The van der Waals surface area contributed by atoms with E-state index in [1.165, 1.54) is 37.3 Å². The molecule has 4 rings (SSSR count). The summed E-state index contributed by atoms with van der Waals surface area (Å²) in [6.07, 6.45) is 5.00. The molecule has 0 unspecified atom stereocenters. The van der Waals surface area contributed by atoms with Crippen LogP contribution in [0.1, 0.15) is 44.6 Å². The lowest BCUT2D eigenvalue weighted by Crippen LogP contribution is -2.53. The number of benzene rings is 3. The third-order valence-corrected chi connectivity index (χ3v) is 9.64. The summed E-state index contributed by atoms with van der Waals surface area (Å²) in [5.41, 5.74) is 0.858. The maximum atomic E-state index is 14.3. The van der Waals surface area contributed by atoms with E-state index in [-0.39, 0.29) is 34.8 Å². The minimum atomic E-state index is -4.26. The Morgan fingerprint density at radius 3 is 2.20 bits per heavy atom. The number of methoxy groups -OCH3 is 3. The Hall–Kier alpha value is -4.25. The van der Waals surface area contributed by atoms with Gasteiger partial charge in [-0.25, -0.2) is 8.42 Å². The zero-order valence-electron chi connectivity index (χ0n) is 25.7. The van der Waals surface area contributed by atoms with Gasteiger partial charge in [-0.1, -0.05) is 49.6 Å². The van der Waals surface area contributed by atoms with Crippen molar-refractivity contribution in [1.29, 1.82) is 0 Å². The number of nitrogens with one attached hydrogen (secondary N) is 1. The van der Waals surface area contributed by atoms with Gasteiger partial charge in [0.25, 0.3) is 10.0 Å². The van der Waals surface area contributed by atoms with E-state index in [2.05, 4.69) is 5.32 Å². The molecular weight excluding hydrogens is 582 g/mol. The number of anilines is 1. The van der Waals surface area contributed by atoms with Crippen LogP contribution in [-0.2, 0) is 26.2 Å². The largest absolute Gasteiger partial charge is 0.497 e. The normalized spacial score (nSPS) is 14.3. The Labute approximate surface area is 260 Å². The van der Waals surface area contributed by atoms with Gasteiger partial charge in [-0.05, 0) is 61.7 Å². The third-order valence-electron chi connectivity index (χ3n) is 7.87. The van der Waals surface area contributed by atoms with Crippen molar-refractivity contribution in [3.05, 3.63) is 78.4 Å². The van der Waals surface area contributed by atoms with Crippen molar-refractivity contribution in [2.75, 3.05) is 32.2 Å². The first kappa shape index (κ1) is 32.7. The lowest BCUT2D eigenvalue weighted by atomic mass is 9.95. The van der Waals surface area contributed by atoms with Crippen LogP contribution >= 0.6 is 0 Å². The smallest absolute Gasteiger partial charge is 0.264 e. The van der Waals surface area contributed by atoms with Crippen molar-refractivity contribution < 1.29 is 32.2 Å². The number of hydrogen-bond donors (Lipinski definition) is 1. The van der Waals surface area contributed by atoms with E-state index in [0.29, 0.717) is 11.5 Å². The second-order valence-electron chi connectivity index (χ2n) is 10.8. The minimum absolute atomic E-state index is 0.000101. The van der Waals surface area contributed by atoms with Crippen molar-refractivity contribution in [2.24, 2.45) is 0 Å². The summed E-state index contributed by atoms with van der Waals surface area (Å²) in [6, 6.07) is 19.0. The van der Waals surface area contributed by atoms with Crippen LogP contribution < -0.4 is 23.8 Å². The quantitative estimate of drug-likeness (QED) is 0.292. The standard InChI is InChI=1S/C33H41N3O7S/c1-24(33(38)34-26-13-7-5-8-14-26)35(22-25-12-11-15-27(20-25)41-2)32(37)23-36(44(39,40)29-16-9-6-10-17-29)30-21-28(42-3)18-19-31(30)43-4/h6,9-12,15-21,24,26H,5,7-8,13-14,22-23H2,1-4H3,(H,34,38)/t24-/m0/s1. The molecule has 1 fully saturated rings. The van der Waals surface area contributed by atoms with Crippen LogP contribution in [0.4, 0.5) is 5.69 Å². The molecule has 1 aliphatic rings. The van der Waals surface area contributed by atoms with Crippen molar-refractivity contribution >= 4 is 27.5 Å². The summed E-state index contributed by atoms with van der Waals surface area (Å²) in [6.45, 7) is 1.13. The molecule has 1 atom stereocenters. The lowest BCUT2D eigenvalue weighted by Gasteiger charge is -2.33. The second kappa shape index (κ2) is 15.0. The van der Waals surface area contributed by atoms with Crippen LogP contribution in [0, 0.1) is 0 Å². The Morgan fingerprint density at radius 1 is 0.864 bits per heavy atom. The van der Waals surface area contributed by atoms with E-state index in [9.17, 15) is 18.0 Å². The molecule has 2 amide bonds. The van der Waals surface area contributed by atoms with Gasteiger partial charge in [-0.15, -0.1) is 0 Å². The van der Waals surface area contributed by atoms with Crippen LogP contribution in [-0.4, -0.2) is 65.1 Å². The molecule has 0 heterocycles. The lowest BCUT2D eigenvalue weighted by molar-refractivity contribution is -0.139. The topological polar surface area (TPSA) is 114 Å². The Morgan fingerprint density at radius 2 is 1.55 bits per heavy atom. The number of hydrogen-bond acceptors (Lipinski definition) is 7. The fourth-order valence-corrected chi connectivity index (χ4v) is 6.78. The second-order valence-corrected chi connectivity index (χ2v) is 12.6. The Balaban J connectivity index is 1.74. The number of amides is 2. The molecule has 0 spiro atoms. The summed E-state index contributed by atoms with van der Waals surface area (Å²) in [5.74, 6) is 0.368. The molecule has 236 valence electrons. The Kier molecular flexibility index (Phi) is 11.1. The van der Waals surface area contributed by atoms with E-state index in [4.69, 9.17) is 14.2 Å². The van der Waals surface area contributed by atoms with Crippen LogP contribution in [0.15, 0.2) is 77.7 Å². The van der Waals surface area contributed by atoms with Crippen molar-refractivity contribution in [3.63, 3.8) is 0 Å². The van der Waals surface area contributed by atoms with Crippen LogP contribution in [0.5, 0.6) is 17.2 Å². The highest BCUT2D eigenvalue weighted by Gasteiger charge is 2.34. The number of sulfonamides is 1. The molecule has 1 saturated carbocycles. The van der Waals surface area contributed by atoms with Gasteiger partial charge in [-0.2, -0.15) is 0 Å². The first-order valence-electron chi connectivity index (χ1n) is 14.7. The molecule has 1 aliphatic carbocycles. The highest BCUT2D eigenvalue weighted by molar-refractivity contribution is 7.92. The molecule has 3 aromatic carbocycles. The first-order valence-corrected chi connectivity index (χ1v) is 16.1. The number of ether oxygens (including phenoxy) is 3. The zero-order valence-corrected chi connectivity index (χ0v) is 26.5. The predicted octanol–water partition coefficient (Wildman–Crippen LogP) is 4.77. The van der Waals surface area contributed by atoms with Gasteiger partial charge in [0.15, 0.2) is 0 Å². The van der Waals surface area contributed by atoms with Gasteiger partial charge in [0, 0.05) is 18.7 Å². The zero-order chi connectivity index (χ0) is 31.7. The fourth-order valence-electron chi connectivity index (χ4n) is 5.34. The molecular formula is C33H41N3O7S. The van der Waals surface area contributed by atoms with Crippen molar-refractivity contribution in [2.45, 2.75) is 62.6 Å². The van der Waals surface area contributed by atoms with Gasteiger partial charge in [0.2, 0.25) is 11.8 Å². The average molecular weight is 624 g/mol. The molecule has 10 nitrogen and oxygen atoms in total. The molecule has 0 bridgehead atoms. The van der Waals surface area contributed by atoms with Gasteiger partial charge >= 0.3 is 0 Å². The molecule has 0 radical (unpaired) electrons. The Bertz CT molecular complexity index is 1530. The summed E-state index contributed by atoms with van der Waals surface area (Å²) in [5, 5.41) is 3.11. The van der Waals surface area contributed by atoms with E-state index in [1.807, 2.05) is 6.07 Å². The molecule has 3 aromatic rings. The van der Waals surface area contributed by atoms with Crippen LogP contribution in [0.3, 0.4) is 0 Å². The highest BCUT2D eigenvalue weighted by Crippen LogP contribution is 2.36. The highest BCUT2D eigenvalue weighted by atomic mass is 32.2. The molecule has 0 saturated heterocycles. The predicted molar refractivity (Wildman–Crippen MR) is 169 cm³/mol. The van der Waals surface area contributed by atoms with Crippen LogP contribution in [0.25, 0.3) is 0 Å². The summed E-state index contributed by atoms with van der Waals surface area (Å²) in [4.78, 5) is 29.2. The van der Waals surface area contributed by atoms with E-state index >= 15 is 0 Å². The molecule has 11 heteroatoms. The first-order chi connectivity index (χ1) is 21.2. The SMILES string of the molecule is COc1cccc(CN(C(=O)CN(c2cc(OC)ccc2OC)S(=O)(=O)c2ccccc2)[C@@H](C)C(=O)NC2CCCCC2)c1. The van der Waals surface area contributed by atoms with E-state index in [1.54, 1.807) is 62.6 Å².